The zero-order valence-electron chi connectivity index (χ0n) is 13.8. The van der Waals surface area contributed by atoms with Gasteiger partial charge in [-0.1, -0.05) is 29.8 Å². The Morgan fingerprint density at radius 3 is 2.58 bits per heavy atom. The molecule has 1 heterocycles. The van der Waals surface area contributed by atoms with Crippen molar-refractivity contribution in [2.24, 2.45) is 0 Å². The van der Waals surface area contributed by atoms with Crippen LogP contribution in [0.1, 0.15) is 5.56 Å². The van der Waals surface area contributed by atoms with Gasteiger partial charge in [0.05, 0.1) is 25.4 Å². The van der Waals surface area contributed by atoms with Crippen LogP contribution in [0.25, 0.3) is 0 Å². The van der Waals surface area contributed by atoms with Gasteiger partial charge in [-0.2, -0.15) is 0 Å². The van der Waals surface area contributed by atoms with Crippen LogP contribution in [-0.2, 0) is 9.53 Å². The fourth-order valence-corrected chi connectivity index (χ4v) is 2.54. The number of carbonyl (C=O) groups excluding carboxylic acids is 1. The van der Waals surface area contributed by atoms with Crippen molar-refractivity contribution in [2.75, 3.05) is 38.2 Å². The van der Waals surface area contributed by atoms with E-state index in [1.54, 1.807) is 0 Å². The molecule has 2 aromatic carbocycles. The van der Waals surface area contributed by atoms with Crippen LogP contribution in [0.5, 0.6) is 11.5 Å². The van der Waals surface area contributed by atoms with Crippen molar-refractivity contribution in [3.05, 3.63) is 54.1 Å². The number of hydrogen-bond acceptors (Lipinski definition) is 4. The summed E-state index contributed by atoms with van der Waals surface area (Å²) in [5, 5.41) is 2.94. The van der Waals surface area contributed by atoms with E-state index in [0.717, 1.165) is 18.8 Å². The number of amides is 1. The van der Waals surface area contributed by atoms with Crippen molar-refractivity contribution in [3.63, 3.8) is 0 Å². The van der Waals surface area contributed by atoms with Gasteiger partial charge in [-0.15, -0.1) is 0 Å². The van der Waals surface area contributed by atoms with Crippen molar-refractivity contribution in [1.82, 2.24) is 4.90 Å². The fourth-order valence-electron chi connectivity index (χ4n) is 2.54. The Hall–Kier alpha value is -2.37. The lowest BCUT2D eigenvalue weighted by Gasteiger charge is -2.25. The summed E-state index contributed by atoms with van der Waals surface area (Å²) in [6.07, 6.45) is 0. The molecule has 1 saturated heterocycles. The first-order valence-corrected chi connectivity index (χ1v) is 8.14. The van der Waals surface area contributed by atoms with Crippen molar-refractivity contribution in [2.45, 2.75) is 6.92 Å². The first kappa shape index (κ1) is 16.5. The summed E-state index contributed by atoms with van der Waals surface area (Å²) >= 11 is 0. The number of hydrogen-bond donors (Lipinski definition) is 1. The van der Waals surface area contributed by atoms with E-state index in [9.17, 15) is 4.79 Å². The highest BCUT2D eigenvalue weighted by Crippen LogP contribution is 2.29. The third kappa shape index (κ3) is 4.57. The molecule has 5 heteroatoms. The smallest absolute Gasteiger partial charge is 0.238 e. The number of anilines is 1. The SMILES string of the molecule is Cc1ccc(Oc2ccccc2NC(=O)CN2CCOCC2)cc1. The average Bonchev–Trinajstić information content (AvgIpc) is 2.59. The molecular weight excluding hydrogens is 304 g/mol. The lowest BCUT2D eigenvalue weighted by atomic mass is 10.2. The van der Waals surface area contributed by atoms with Crippen LogP contribution in [-0.4, -0.2) is 43.7 Å². The number of carbonyl (C=O) groups is 1. The van der Waals surface area contributed by atoms with Gasteiger partial charge in [0, 0.05) is 13.1 Å². The molecule has 1 aliphatic heterocycles. The standard InChI is InChI=1S/C19H22N2O3/c1-15-6-8-16(9-7-15)24-18-5-3-2-4-17(18)20-19(22)14-21-10-12-23-13-11-21/h2-9H,10-14H2,1H3,(H,20,22). The van der Waals surface area contributed by atoms with Gasteiger partial charge in [-0.05, 0) is 31.2 Å². The minimum absolute atomic E-state index is 0.0446. The molecule has 0 spiro atoms. The molecule has 3 rings (SSSR count). The van der Waals surface area contributed by atoms with Gasteiger partial charge in [0.1, 0.15) is 5.75 Å². The Labute approximate surface area is 142 Å². The molecule has 0 unspecified atom stereocenters. The van der Waals surface area contributed by atoms with E-state index in [4.69, 9.17) is 9.47 Å². The number of aryl methyl sites for hydroxylation is 1. The Kier molecular flexibility index (Phi) is 5.46. The molecule has 24 heavy (non-hydrogen) atoms. The summed E-state index contributed by atoms with van der Waals surface area (Å²) in [4.78, 5) is 14.4. The van der Waals surface area contributed by atoms with Crippen LogP contribution in [0.15, 0.2) is 48.5 Å². The molecule has 1 amide bonds. The van der Waals surface area contributed by atoms with Gasteiger partial charge in [0.25, 0.3) is 0 Å². The zero-order valence-corrected chi connectivity index (χ0v) is 13.8. The molecule has 2 aromatic rings. The molecule has 126 valence electrons. The lowest BCUT2D eigenvalue weighted by Crippen LogP contribution is -2.41. The lowest BCUT2D eigenvalue weighted by molar-refractivity contribution is -0.118. The first-order valence-electron chi connectivity index (χ1n) is 8.14. The van der Waals surface area contributed by atoms with Gasteiger partial charge in [-0.3, -0.25) is 9.69 Å². The van der Waals surface area contributed by atoms with E-state index in [-0.39, 0.29) is 5.91 Å². The van der Waals surface area contributed by atoms with Crippen LogP contribution < -0.4 is 10.1 Å². The third-order valence-electron chi connectivity index (χ3n) is 3.88. The van der Waals surface area contributed by atoms with Crippen molar-refractivity contribution < 1.29 is 14.3 Å². The van der Waals surface area contributed by atoms with E-state index in [1.165, 1.54) is 5.56 Å². The van der Waals surface area contributed by atoms with Crippen molar-refractivity contribution in [3.8, 4) is 11.5 Å². The fraction of sp³-hybridized carbons (Fsp3) is 0.316. The second kappa shape index (κ2) is 7.95. The van der Waals surface area contributed by atoms with Crippen LogP contribution in [0.4, 0.5) is 5.69 Å². The molecule has 1 N–H and O–H groups in total. The number of rotatable bonds is 5. The Morgan fingerprint density at radius 2 is 1.83 bits per heavy atom. The monoisotopic (exact) mass is 326 g/mol. The quantitative estimate of drug-likeness (QED) is 0.917. The second-order valence-electron chi connectivity index (χ2n) is 5.85. The summed E-state index contributed by atoms with van der Waals surface area (Å²) in [5.74, 6) is 1.34. The molecule has 0 saturated carbocycles. The van der Waals surface area contributed by atoms with Crippen LogP contribution >= 0.6 is 0 Å². The van der Waals surface area contributed by atoms with Crippen molar-refractivity contribution >= 4 is 11.6 Å². The summed E-state index contributed by atoms with van der Waals surface area (Å²) in [5.41, 5.74) is 1.85. The topological polar surface area (TPSA) is 50.8 Å². The molecule has 0 aliphatic carbocycles. The molecule has 0 aromatic heterocycles. The number of ether oxygens (including phenoxy) is 2. The van der Waals surface area contributed by atoms with Crippen LogP contribution in [0.3, 0.4) is 0 Å². The minimum atomic E-state index is -0.0446. The summed E-state index contributed by atoms with van der Waals surface area (Å²) in [6, 6.07) is 15.3. The molecule has 5 nitrogen and oxygen atoms in total. The van der Waals surface area contributed by atoms with Gasteiger partial charge in [0.15, 0.2) is 5.75 Å². The Bertz CT molecular complexity index is 679. The number of benzene rings is 2. The number of para-hydroxylation sites is 2. The molecule has 0 atom stereocenters. The third-order valence-corrected chi connectivity index (χ3v) is 3.88. The number of morpholine rings is 1. The summed E-state index contributed by atoms with van der Waals surface area (Å²) in [6.45, 7) is 5.33. The van der Waals surface area contributed by atoms with Gasteiger partial charge in [0.2, 0.25) is 5.91 Å². The summed E-state index contributed by atoms with van der Waals surface area (Å²) in [7, 11) is 0. The maximum absolute atomic E-state index is 12.3. The van der Waals surface area contributed by atoms with Gasteiger partial charge >= 0.3 is 0 Å². The Balaban J connectivity index is 1.64. The Morgan fingerprint density at radius 1 is 1.12 bits per heavy atom. The first-order chi connectivity index (χ1) is 11.7. The summed E-state index contributed by atoms with van der Waals surface area (Å²) < 4.78 is 11.2. The maximum atomic E-state index is 12.3. The minimum Gasteiger partial charge on any atom is -0.455 e. The zero-order chi connectivity index (χ0) is 16.8. The predicted molar refractivity (Wildman–Crippen MR) is 93.6 cm³/mol. The van der Waals surface area contributed by atoms with E-state index >= 15 is 0 Å². The molecular formula is C19H22N2O3. The molecule has 1 fully saturated rings. The largest absolute Gasteiger partial charge is 0.455 e. The predicted octanol–water partition coefficient (Wildman–Crippen LogP) is 3.06. The number of nitrogens with one attached hydrogen (secondary N) is 1. The highest BCUT2D eigenvalue weighted by molar-refractivity contribution is 5.93. The second-order valence-corrected chi connectivity index (χ2v) is 5.85. The average molecular weight is 326 g/mol. The van der Waals surface area contributed by atoms with E-state index in [0.29, 0.717) is 31.2 Å². The van der Waals surface area contributed by atoms with Gasteiger partial charge < -0.3 is 14.8 Å². The highest BCUT2D eigenvalue weighted by Gasteiger charge is 2.15. The molecule has 0 bridgehead atoms. The van der Waals surface area contributed by atoms with Crippen LogP contribution in [0, 0.1) is 6.92 Å². The van der Waals surface area contributed by atoms with Crippen molar-refractivity contribution in [1.29, 1.82) is 0 Å². The maximum Gasteiger partial charge on any atom is 0.238 e. The number of nitrogens with zero attached hydrogens (tertiary/aromatic N) is 1. The van der Waals surface area contributed by atoms with E-state index < -0.39 is 0 Å². The molecule has 0 radical (unpaired) electrons. The molecule has 1 aliphatic rings. The normalized spacial score (nSPS) is 15.0. The van der Waals surface area contributed by atoms with E-state index in [2.05, 4.69) is 10.2 Å². The van der Waals surface area contributed by atoms with Gasteiger partial charge in [-0.25, -0.2) is 0 Å². The van der Waals surface area contributed by atoms with E-state index in [1.807, 2.05) is 55.5 Å². The highest BCUT2D eigenvalue weighted by atomic mass is 16.5. The van der Waals surface area contributed by atoms with Crippen LogP contribution in [0.2, 0.25) is 0 Å².